The number of carbonyl (C=O) groups excluding carboxylic acids is 2. The van der Waals surface area contributed by atoms with E-state index in [4.69, 9.17) is 0 Å². The lowest BCUT2D eigenvalue weighted by Gasteiger charge is -2.36. The van der Waals surface area contributed by atoms with Crippen LogP contribution in [0.1, 0.15) is 62.0 Å². The van der Waals surface area contributed by atoms with Crippen LogP contribution in [0.25, 0.3) is 10.8 Å². The van der Waals surface area contributed by atoms with E-state index < -0.39 is 0 Å². The van der Waals surface area contributed by atoms with E-state index >= 15 is 0 Å². The Morgan fingerprint density at radius 1 is 0.971 bits per heavy atom. The van der Waals surface area contributed by atoms with Gasteiger partial charge in [0.05, 0.1) is 6.54 Å². The number of aryl methyl sites for hydroxylation is 1. The van der Waals surface area contributed by atoms with Gasteiger partial charge in [-0.05, 0) is 47.7 Å². The first-order valence-corrected chi connectivity index (χ1v) is 12.6. The van der Waals surface area contributed by atoms with E-state index in [1.54, 1.807) is 0 Å². The van der Waals surface area contributed by atoms with Crippen LogP contribution < -0.4 is 0 Å². The largest absolute Gasteiger partial charge is 0.353 e. The lowest BCUT2D eigenvalue weighted by molar-refractivity contribution is -0.133. The van der Waals surface area contributed by atoms with Crippen molar-refractivity contribution in [1.82, 2.24) is 14.4 Å². The maximum atomic E-state index is 14.0. The van der Waals surface area contributed by atoms with Crippen LogP contribution in [-0.2, 0) is 18.4 Å². The minimum atomic E-state index is -0.0274. The summed E-state index contributed by atoms with van der Waals surface area (Å²) in [6.07, 6.45) is 7.35. The third-order valence-electron chi connectivity index (χ3n) is 6.94. The zero-order valence-corrected chi connectivity index (χ0v) is 20.7. The summed E-state index contributed by atoms with van der Waals surface area (Å²) < 4.78 is 2.06. The van der Waals surface area contributed by atoms with Crippen LogP contribution in [0.5, 0.6) is 0 Å². The fraction of sp³-hybridized carbons (Fsp3) is 0.448. The van der Waals surface area contributed by atoms with E-state index in [9.17, 15) is 9.59 Å². The molecule has 0 radical (unpaired) electrons. The summed E-state index contributed by atoms with van der Waals surface area (Å²) in [6.45, 7) is 5.62. The Kier molecular flexibility index (Phi) is 7.71. The number of nitrogens with zero attached hydrogens (tertiary/aromatic N) is 3. The fourth-order valence-corrected chi connectivity index (χ4v) is 5.12. The van der Waals surface area contributed by atoms with Gasteiger partial charge in [0, 0.05) is 37.1 Å². The first-order valence-electron chi connectivity index (χ1n) is 12.6. The highest BCUT2D eigenvalue weighted by molar-refractivity contribution is 6.07. The lowest BCUT2D eigenvalue weighted by Crippen LogP contribution is -2.48. The monoisotopic (exact) mass is 459 g/mol. The second-order valence-electron chi connectivity index (χ2n) is 10.0. The zero-order valence-electron chi connectivity index (χ0n) is 20.7. The van der Waals surface area contributed by atoms with Gasteiger partial charge in [0.25, 0.3) is 5.91 Å². The summed E-state index contributed by atoms with van der Waals surface area (Å²) in [6, 6.07) is 18.1. The molecule has 2 amide bonds. The molecule has 0 aliphatic heterocycles. The molecule has 1 aliphatic rings. The fourth-order valence-electron chi connectivity index (χ4n) is 5.12. The molecule has 1 heterocycles. The van der Waals surface area contributed by atoms with Crippen molar-refractivity contribution in [3.05, 3.63) is 72.1 Å². The van der Waals surface area contributed by atoms with Crippen molar-refractivity contribution in [1.29, 1.82) is 0 Å². The third kappa shape index (κ3) is 5.52. The van der Waals surface area contributed by atoms with Gasteiger partial charge in [-0.3, -0.25) is 9.59 Å². The second-order valence-corrected chi connectivity index (χ2v) is 10.0. The molecule has 0 saturated heterocycles. The topological polar surface area (TPSA) is 45.6 Å². The number of rotatable bonds is 8. The van der Waals surface area contributed by atoms with Crippen LogP contribution in [-0.4, -0.2) is 45.3 Å². The summed E-state index contributed by atoms with van der Waals surface area (Å²) in [5.41, 5.74) is 1.79. The Morgan fingerprint density at radius 3 is 2.41 bits per heavy atom. The van der Waals surface area contributed by atoms with Crippen molar-refractivity contribution in [3.63, 3.8) is 0 Å². The second kappa shape index (κ2) is 10.9. The van der Waals surface area contributed by atoms with Crippen LogP contribution in [0, 0.1) is 5.92 Å². The molecule has 2 aromatic carbocycles. The van der Waals surface area contributed by atoms with E-state index in [0.29, 0.717) is 24.6 Å². The van der Waals surface area contributed by atoms with Crippen molar-refractivity contribution >= 4 is 22.6 Å². The van der Waals surface area contributed by atoms with Crippen LogP contribution in [0.4, 0.5) is 0 Å². The smallest absolute Gasteiger partial charge is 0.255 e. The van der Waals surface area contributed by atoms with E-state index in [2.05, 4.69) is 24.5 Å². The number of amides is 2. The van der Waals surface area contributed by atoms with Gasteiger partial charge in [-0.25, -0.2) is 0 Å². The molecular formula is C29H37N3O2. The summed E-state index contributed by atoms with van der Waals surface area (Å²) in [4.78, 5) is 31.5. The van der Waals surface area contributed by atoms with Gasteiger partial charge in [-0.15, -0.1) is 0 Å². The van der Waals surface area contributed by atoms with Gasteiger partial charge in [0.1, 0.15) is 6.54 Å². The molecule has 1 saturated carbocycles. The Bertz CT molecular complexity index is 1120. The molecule has 0 atom stereocenters. The van der Waals surface area contributed by atoms with Crippen molar-refractivity contribution in [2.75, 3.05) is 13.1 Å². The highest BCUT2D eigenvalue weighted by atomic mass is 16.2. The highest BCUT2D eigenvalue weighted by Gasteiger charge is 2.30. The molecule has 0 N–H and O–H groups in total. The minimum Gasteiger partial charge on any atom is -0.353 e. The van der Waals surface area contributed by atoms with E-state index in [-0.39, 0.29) is 24.4 Å². The molecule has 34 heavy (non-hydrogen) atoms. The van der Waals surface area contributed by atoms with Crippen molar-refractivity contribution in [3.8, 4) is 0 Å². The van der Waals surface area contributed by atoms with Gasteiger partial charge in [0.15, 0.2) is 0 Å². The summed E-state index contributed by atoms with van der Waals surface area (Å²) in [7, 11) is 2.01. The van der Waals surface area contributed by atoms with Gasteiger partial charge >= 0.3 is 0 Å². The van der Waals surface area contributed by atoms with Gasteiger partial charge in [-0.1, -0.05) is 69.5 Å². The van der Waals surface area contributed by atoms with Gasteiger partial charge < -0.3 is 14.4 Å². The van der Waals surface area contributed by atoms with Crippen molar-refractivity contribution < 1.29 is 9.59 Å². The average Bonchev–Trinajstić information content (AvgIpc) is 3.25. The van der Waals surface area contributed by atoms with E-state index in [1.807, 2.05) is 71.6 Å². The summed E-state index contributed by atoms with van der Waals surface area (Å²) in [5.74, 6) is 0.343. The molecular weight excluding hydrogens is 422 g/mol. The standard InChI is InChI=1S/C29H37N3O2/c1-22(2)19-31(20-25-15-10-18-30(25)3)28(33)21-32(24-13-5-4-6-14-24)29(34)27-17-9-12-23-11-7-8-16-26(23)27/h7-12,15-18,22,24H,4-6,13-14,19-21H2,1-3H3. The van der Waals surface area contributed by atoms with Crippen molar-refractivity contribution in [2.45, 2.75) is 58.5 Å². The molecule has 180 valence electrons. The van der Waals surface area contributed by atoms with Crippen LogP contribution in [0.3, 0.4) is 0 Å². The van der Waals surface area contributed by atoms with Gasteiger partial charge in [0.2, 0.25) is 5.91 Å². The predicted octanol–water partition coefficient (Wildman–Crippen LogP) is 5.64. The summed E-state index contributed by atoms with van der Waals surface area (Å²) >= 11 is 0. The highest BCUT2D eigenvalue weighted by Crippen LogP contribution is 2.27. The quantitative estimate of drug-likeness (QED) is 0.438. The number of carbonyl (C=O) groups is 2. The number of aromatic nitrogens is 1. The van der Waals surface area contributed by atoms with E-state index in [0.717, 1.165) is 42.1 Å². The zero-order chi connectivity index (χ0) is 24.1. The molecule has 0 spiro atoms. The SMILES string of the molecule is CC(C)CN(Cc1cccn1C)C(=O)CN(C(=O)c1cccc2ccccc12)C1CCCCC1. The molecule has 1 aliphatic carbocycles. The predicted molar refractivity (Wildman–Crippen MR) is 138 cm³/mol. The molecule has 5 nitrogen and oxygen atoms in total. The Hall–Kier alpha value is -3.08. The maximum Gasteiger partial charge on any atom is 0.255 e. The first-order chi connectivity index (χ1) is 16.4. The minimum absolute atomic E-state index is 0.0223. The van der Waals surface area contributed by atoms with Crippen molar-refractivity contribution in [2.24, 2.45) is 13.0 Å². The number of hydrogen-bond acceptors (Lipinski definition) is 2. The molecule has 1 aromatic heterocycles. The Labute approximate surface area is 203 Å². The normalized spacial score (nSPS) is 14.5. The number of hydrogen-bond donors (Lipinski definition) is 0. The van der Waals surface area contributed by atoms with E-state index in [1.165, 1.54) is 6.42 Å². The average molecular weight is 460 g/mol. The van der Waals surface area contributed by atoms with Crippen LogP contribution >= 0.6 is 0 Å². The molecule has 1 fully saturated rings. The molecule has 4 rings (SSSR count). The van der Waals surface area contributed by atoms with Crippen LogP contribution in [0.15, 0.2) is 60.8 Å². The molecule has 3 aromatic rings. The Morgan fingerprint density at radius 2 is 1.71 bits per heavy atom. The molecule has 0 bridgehead atoms. The Balaban J connectivity index is 1.62. The first kappa shape index (κ1) is 24.1. The molecule has 5 heteroatoms. The molecule has 0 unspecified atom stereocenters. The third-order valence-corrected chi connectivity index (χ3v) is 6.94. The van der Waals surface area contributed by atoms with Gasteiger partial charge in [-0.2, -0.15) is 0 Å². The lowest BCUT2D eigenvalue weighted by atomic mass is 9.93. The number of benzene rings is 2. The van der Waals surface area contributed by atoms with Crippen LogP contribution in [0.2, 0.25) is 0 Å². The summed E-state index contributed by atoms with van der Waals surface area (Å²) in [5, 5.41) is 2.00. The number of fused-ring (bicyclic) bond motifs is 1. The maximum absolute atomic E-state index is 14.0.